The standard InChI is InChI=1S/C34H52N2O7/c1-33(2,35(17-21-39-5)18-22-40-6)31(37)29-13-9-27(10-14-29)25-43-26-28-11-15-30(16-12-28)32(38)34(3,4)36(19-23-41-7)20-24-42-8/h9-16H,17-26H2,1-8H3. The van der Waals surface area contributed by atoms with Gasteiger partial charge >= 0.3 is 0 Å². The predicted octanol–water partition coefficient (Wildman–Crippen LogP) is 4.52. The smallest absolute Gasteiger partial charge is 0.182 e. The van der Waals surface area contributed by atoms with Gasteiger partial charge in [0.05, 0.1) is 50.7 Å². The molecule has 0 spiro atoms. The summed E-state index contributed by atoms with van der Waals surface area (Å²) in [7, 11) is 6.63. The lowest BCUT2D eigenvalue weighted by Gasteiger charge is -2.37. The van der Waals surface area contributed by atoms with E-state index in [4.69, 9.17) is 23.7 Å². The molecule has 0 radical (unpaired) electrons. The van der Waals surface area contributed by atoms with Crippen molar-refractivity contribution in [3.8, 4) is 0 Å². The van der Waals surface area contributed by atoms with Crippen molar-refractivity contribution in [3.63, 3.8) is 0 Å². The zero-order valence-corrected chi connectivity index (χ0v) is 27.4. The molecular weight excluding hydrogens is 548 g/mol. The summed E-state index contributed by atoms with van der Waals surface area (Å²) in [6.45, 7) is 13.3. The van der Waals surface area contributed by atoms with Crippen LogP contribution in [0, 0.1) is 0 Å². The van der Waals surface area contributed by atoms with E-state index in [1.54, 1.807) is 28.4 Å². The van der Waals surface area contributed by atoms with E-state index >= 15 is 0 Å². The van der Waals surface area contributed by atoms with Crippen molar-refractivity contribution in [3.05, 3.63) is 70.8 Å². The molecule has 9 heteroatoms. The van der Waals surface area contributed by atoms with E-state index in [9.17, 15) is 9.59 Å². The second kappa shape index (κ2) is 18.3. The summed E-state index contributed by atoms with van der Waals surface area (Å²) >= 11 is 0. The summed E-state index contributed by atoms with van der Waals surface area (Å²) in [4.78, 5) is 31.0. The van der Waals surface area contributed by atoms with Crippen LogP contribution in [-0.4, -0.2) is 113 Å². The number of carbonyl (C=O) groups excluding carboxylic acids is 2. The molecule has 0 bridgehead atoms. The predicted molar refractivity (Wildman–Crippen MR) is 169 cm³/mol. The first-order chi connectivity index (χ1) is 20.5. The number of rotatable bonds is 22. The molecule has 0 aliphatic heterocycles. The van der Waals surface area contributed by atoms with E-state index in [1.807, 2.05) is 76.2 Å². The van der Waals surface area contributed by atoms with Gasteiger partial charge in [-0.3, -0.25) is 19.4 Å². The normalized spacial score (nSPS) is 12.3. The Bertz CT molecular complexity index is 997. The molecule has 2 aromatic rings. The third kappa shape index (κ3) is 10.9. The minimum absolute atomic E-state index is 0.0468. The molecule has 0 unspecified atom stereocenters. The van der Waals surface area contributed by atoms with E-state index in [1.165, 1.54) is 0 Å². The molecule has 0 atom stereocenters. The second-order valence-electron chi connectivity index (χ2n) is 11.6. The van der Waals surface area contributed by atoms with E-state index < -0.39 is 11.1 Å². The van der Waals surface area contributed by atoms with Gasteiger partial charge < -0.3 is 23.7 Å². The van der Waals surface area contributed by atoms with Gasteiger partial charge in [-0.1, -0.05) is 48.5 Å². The van der Waals surface area contributed by atoms with Gasteiger partial charge in [0.1, 0.15) is 0 Å². The molecule has 0 heterocycles. The minimum atomic E-state index is -0.704. The number of hydrogen-bond donors (Lipinski definition) is 0. The van der Waals surface area contributed by atoms with Crippen LogP contribution in [0.3, 0.4) is 0 Å². The van der Waals surface area contributed by atoms with E-state index in [-0.39, 0.29) is 11.6 Å². The van der Waals surface area contributed by atoms with Crippen LogP contribution < -0.4 is 0 Å². The number of methoxy groups -OCH3 is 4. The third-order valence-electron chi connectivity index (χ3n) is 7.92. The van der Waals surface area contributed by atoms with Crippen LogP contribution in [0.5, 0.6) is 0 Å². The van der Waals surface area contributed by atoms with Crippen molar-refractivity contribution in [1.82, 2.24) is 9.80 Å². The van der Waals surface area contributed by atoms with Gasteiger partial charge in [-0.25, -0.2) is 0 Å². The Morgan fingerprint density at radius 1 is 0.535 bits per heavy atom. The second-order valence-corrected chi connectivity index (χ2v) is 11.6. The van der Waals surface area contributed by atoms with Crippen molar-refractivity contribution < 1.29 is 33.3 Å². The molecule has 43 heavy (non-hydrogen) atoms. The molecule has 0 saturated carbocycles. The number of hydrogen-bond acceptors (Lipinski definition) is 9. The average Bonchev–Trinajstić information content (AvgIpc) is 3.00. The highest BCUT2D eigenvalue weighted by atomic mass is 16.5. The molecule has 0 saturated heterocycles. The van der Waals surface area contributed by atoms with Crippen molar-refractivity contribution in [2.75, 3.05) is 81.0 Å². The van der Waals surface area contributed by atoms with Crippen molar-refractivity contribution in [1.29, 1.82) is 0 Å². The highest BCUT2D eigenvalue weighted by Gasteiger charge is 2.36. The Labute approximate surface area is 258 Å². The molecule has 0 amide bonds. The number of carbonyl (C=O) groups is 2. The van der Waals surface area contributed by atoms with Gasteiger partial charge in [-0.05, 0) is 38.8 Å². The highest BCUT2D eigenvalue weighted by Crippen LogP contribution is 2.23. The molecule has 0 aromatic heterocycles. The Balaban J connectivity index is 1.97. The number of ketones is 2. The van der Waals surface area contributed by atoms with Gasteiger partial charge in [0.15, 0.2) is 11.6 Å². The first kappa shape index (κ1) is 36.7. The number of Topliss-reactive ketones (excluding diaryl/α,β-unsaturated/α-hetero) is 2. The van der Waals surface area contributed by atoms with Crippen molar-refractivity contribution >= 4 is 11.6 Å². The highest BCUT2D eigenvalue weighted by molar-refractivity contribution is 6.03. The molecular formula is C34H52N2O7. The van der Waals surface area contributed by atoms with Crippen LogP contribution in [0.2, 0.25) is 0 Å². The molecule has 2 aromatic carbocycles. The zero-order chi connectivity index (χ0) is 31.9. The maximum Gasteiger partial charge on any atom is 0.182 e. The Hall–Kier alpha value is -2.50. The third-order valence-corrected chi connectivity index (χ3v) is 7.92. The van der Waals surface area contributed by atoms with E-state index in [0.29, 0.717) is 76.9 Å². The van der Waals surface area contributed by atoms with Crippen LogP contribution in [0.15, 0.2) is 48.5 Å². The quantitative estimate of drug-likeness (QED) is 0.181. The first-order valence-electron chi connectivity index (χ1n) is 14.8. The monoisotopic (exact) mass is 600 g/mol. The van der Waals surface area contributed by atoms with E-state index in [0.717, 1.165) is 11.1 Å². The number of ether oxygens (including phenoxy) is 5. The maximum atomic E-state index is 13.4. The lowest BCUT2D eigenvalue weighted by atomic mass is 9.90. The molecule has 240 valence electrons. The summed E-state index contributed by atoms with van der Waals surface area (Å²) in [6.07, 6.45) is 0. The summed E-state index contributed by atoms with van der Waals surface area (Å²) < 4.78 is 26.9. The topological polar surface area (TPSA) is 86.8 Å². The number of nitrogens with zero attached hydrogens (tertiary/aromatic N) is 2. The van der Waals surface area contributed by atoms with Gasteiger partial charge in [0, 0.05) is 65.7 Å². The lowest BCUT2D eigenvalue weighted by Crippen LogP contribution is -2.52. The molecule has 0 N–H and O–H groups in total. The van der Waals surface area contributed by atoms with Crippen molar-refractivity contribution in [2.45, 2.75) is 52.0 Å². The summed E-state index contributed by atoms with van der Waals surface area (Å²) in [5.41, 5.74) is 1.85. The van der Waals surface area contributed by atoms with E-state index in [2.05, 4.69) is 9.80 Å². The molecule has 0 aliphatic carbocycles. The molecule has 0 fully saturated rings. The Morgan fingerprint density at radius 2 is 0.814 bits per heavy atom. The summed E-state index contributed by atoms with van der Waals surface area (Å²) in [6, 6.07) is 15.2. The first-order valence-corrected chi connectivity index (χ1v) is 14.8. The Kier molecular flexibility index (Phi) is 15.6. The van der Waals surface area contributed by atoms with Crippen LogP contribution in [-0.2, 0) is 36.9 Å². The Morgan fingerprint density at radius 3 is 1.07 bits per heavy atom. The summed E-state index contributed by atoms with van der Waals surface area (Å²) in [5, 5.41) is 0. The van der Waals surface area contributed by atoms with Crippen LogP contribution in [0.25, 0.3) is 0 Å². The molecule has 0 aliphatic rings. The van der Waals surface area contributed by atoms with Gasteiger partial charge in [-0.2, -0.15) is 0 Å². The fourth-order valence-electron chi connectivity index (χ4n) is 4.93. The largest absolute Gasteiger partial charge is 0.383 e. The van der Waals surface area contributed by atoms with Gasteiger partial charge in [0.2, 0.25) is 0 Å². The lowest BCUT2D eigenvalue weighted by molar-refractivity contribution is 0.0415. The number of benzene rings is 2. The fraction of sp³-hybridized carbons (Fsp3) is 0.588. The van der Waals surface area contributed by atoms with Crippen LogP contribution in [0.1, 0.15) is 59.5 Å². The molecule has 9 nitrogen and oxygen atoms in total. The fourth-order valence-corrected chi connectivity index (χ4v) is 4.93. The molecule has 2 rings (SSSR count). The average molecular weight is 601 g/mol. The zero-order valence-electron chi connectivity index (χ0n) is 27.4. The minimum Gasteiger partial charge on any atom is -0.383 e. The van der Waals surface area contributed by atoms with Crippen LogP contribution in [0.4, 0.5) is 0 Å². The van der Waals surface area contributed by atoms with Gasteiger partial charge in [0.25, 0.3) is 0 Å². The van der Waals surface area contributed by atoms with Crippen molar-refractivity contribution in [2.24, 2.45) is 0 Å². The van der Waals surface area contributed by atoms with Gasteiger partial charge in [-0.15, -0.1) is 0 Å². The van der Waals surface area contributed by atoms with Crippen LogP contribution >= 0.6 is 0 Å². The SMILES string of the molecule is COCCN(CCOC)C(C)(C)C(=O)c1ccc(COCc2ccc(C(=O)C(C)(C)N(CCOC)CCOC)cc2)cc1. The maximum absolute atomic E-state index is 13.4. The summed E-state index contributed by atoms with van der Waals surface area (Å²) in [5.74, 6) is 0.0935.